The maximum absolute atomic E-state index is 13.3. The summed E-state index contributed by atoms with van der Waals surface area (Å²) in [6.07, 6.45) is 1.32. The molecular weight excluding hydrogens is 410 g/mol. The van der Waals surface area contributed by atoms with Crippen molar-refractivity contribution in [2.45, 2.75) is 0 Å². The van der Waals surface area contributed by atoms with E-state index in [9.17, 15) is 15.0 Å². The number of fused-ring (bicyclic) bond motifs is 2. The van der Waals surface area contributed by atoms with Crippen molar-refractivity contribution in [2.75, 3.05) is 7.11 Å². The Hall–Kier alpha value is -4.59. The minimum Gasteiger partial charge on any atom is -0.508 e. The summed E-state index contributed by atoms with van der Waals surface area (Å²) in [5.41, 5.74) is 1.000. The average Bonchev–Trinajstić information content (AvgIpc) is 3.24. The van der Waals surface area contributed by atoms with Gasteiger partial charge in [0, 0.05) is 11.6 Å². The normalized spacial score (nSPS) is 11.5. The molecule has 0 spiro atoms. The minimum absolute atomic E-state index is 0.0823. The van der Waals surface area contributed by atoms with Gasteiger partial charge in [-0.1, -0.05) is 18.2 Å². The molecule has 3 aromatic carbocycles. The average molecular weight is 427 g/mol. The highest BCUT2D eigenvalue weighted by molar-refractivity contribution is 5.89. The lowest BCUT2D eigenvalue weighted by Crippen LogP contribution is -2.20. The number of phenolic OH excluding ortho intramolecular Hbond substituents is 2. The van der Waals surface area contributed by atoms with Crippen LogP contribution in [0.25, 0.3) is 33.5 Å². The van der Waals surface area contributed by atoms with E-state index in [2.05, 4.69) is 10.1 Å². The summed E-state index contributed by atoms with van der Waals surface area (Å²) in [6.45, 7) is 0. The van der Waals surface area contributed by atoms with Gasteiger partial charge in [-0.15, -0.1) is 0 Å². The third-order valence-electron chi connectivity index (χ3n) is 5.04. The summed E-state index contributed by atoms with van der Waals surface area (Å²) in [4.78, 5) is 17.9. The number of para-hydroxylation sites is 1. The molecule has 0 radical (unpaired) electrons. The van der Waals surface area contributed by atoms with Crippen molar-refractivity contribution >= 4 is 28.1 Å². The van der Waals surface area contributed by atoms with Gasteiger partial charge in [-0.2, -0.15) is 9.78 Å². The molecule has 0 fully saturated rings. The van der Waals surface area contributed by atoms with Gasteiger partial charge < -0.3 is 19.4 Å². The number of ether oxygens (including phenoxy) is 1. The number of benzene rings is 3. The molecule has 0 saturated carbocycles. The molecule has 0 unspecified atom stereocenters. The van der Waals surface area contributed by atoms with E-state index in [-0.39, 0.29) is 17.3 Å². The van der Waals surface area contributed by atoms with Gasteiger partial charge in [0.2, 0.25) is 5.82 Å². The highest BCUT2D eigenvalue weighted by atomic mass is 16.5. The highest BCUT2D eigenvalue weighted by Gasteiger charge is 2.18. The number of hydrogen-bond donors (Lipinski definition) is 2. The van der Waals surface area contributed by atoms with Crippen molar-refractivity contribution < 1.29 is 19.4 Å². The van der Waals surface area contributed by atoms with E-state index < -0.39 is 5.56 Å². The highest BCUT2D eigenvalue weighted by Crippen LogP contribution is 2.33. The summed E-state index contributed by atoms with van der Waals surface area (Å²) in [5.74, 6) is 0.900. The van der Waals surface area contributed by atoms with Crippen molar-refractivity contribution in [1.29, 1.82) is 0 Å². The van der Waals surface area contributed by atoms with E-state index in [1.54, 1.807) is 49.6 Å². The molecule has 32 heavy (non-hydrogen) atoms. The Morgan fingerprint density at radius 1 is 1.03 bits per heavy atom. The molecule has 0 saturated heterocycles. The number of nitrogens with zero attached hydrogens (tertiary/aromatic N) is 3. The molecule has 158 valence electrons. The third-order valence-corrected chi connectivity index (χ3v) is 5.04. The van der Waals surface area contributed by atoms with Crippen molar-refractivity contribution in [3.8, 4) is 28.8 Å². The first-order valence-electron chi connectivity index (χ1n) is 9.70. The zero-order valence-electron chi connectivity index (χ0n) is 16.9. The quantitative estimate of drug-likeness (QED) is 0.418. The maximum Gasteiger partial charge on any atom is 0.282 e. The first kappa shape index (κ1) is 19.4. The largest absolute Gasteiger partial charge is 0.508 e. The van der Waals surface area contributed by atoms with Crippen LogP contribution < -0.4 is 10.3 Å². The number of phenols is 2. The molecule has 5 aromatic rings. The van der Waals surface area contributed by atoms with Gasteiger partial charge in [0.25, 0.3) is 5.56 Å². The summed E-state index contributed by atoms with van der Waals surface area (Å²) < 4.78 is 12.5. The molecule has 0 atom stereocenters. The number of furan rings is 1. The van der Waals surface area contributed by atoms with Crippen LogP contribution in [0.1, 0.15) is 5.56 Å². The number of aromatic nitrogens is 2. The van der Waals surface area contributed by atoms with Crippen molar-refractivity contribution in [1.82, 2.24) is 9.66 Å². The number of methoxy groups -OCH3 is 1. The number of aromatic hydroxyl groups is 2. The molecule has 0 aliphatic heterocycles. The van der Waals surface area contributed by atoms with E-state index in [0.29, 0.717) is 33.6 Å². The fourth-order valence-corrected chi connectivity index (χ4v) is 3.47. The monoisotopic (exact) mass is 427 g/mol. The molecule has 2 N–H and O–H groups in total. The van der Waals surface area contributed by atoms with Crippen LogP contribution in [0.5, 0.6) is 17.2 Å². The molecule has 5 rings (SSSR count). The van der Waals surface area contributed by atoms with Crippen molar-refractivity contribution in [2.24, 2.45) is 5.10 Å². The second-order valence-corrected chi connectivity index (χ2v) is 7.04. The predicted molar refractivity (Wildman–Crippen MR) is 121 cm³/mol. The second-order valence-electron chi connectivity index (χ2n) is 7.04. The molecule has 2 heterocycles. The summed E-state index contributed by atoms with van der Waals surface area (Å²) >= 11 is 0. The Morgan fingerprint density at radius 3 is 2.69 bits per heavy atom. The lowest BCUT2D eigenvalue weighted by atomic mass is 10.2. The van der Waals surface area contributed by atoms with Gasteiger partial charge in [-0.05, 0) is 42.5 Å². The van der Waals surface area contributed by atoms with Crippen LogP contribution in [0.15, 0.2) is 81.0 Å². The summed E-state index contributed by atoms with van der Waals surface area (Å²) in [5, 5.41) is 25.0. The van der Waals surface area contributed by atoms with Gasteiger partial charge in [-0.25, -0.2) is 4.98 Å². The predicted octanol–water partition coefficient (Wildman–Crippen LogP) is 4.11. The van der Waals surface area contributed by atoms with Gasteiger partial charge in [0.1, 0.15) is 22.8 Å². The number of rotatable bonds is 4. The number of hydrogen-bond acceptors (Lipinski definition) is 7. The zero-order chi connectivity index (χ0) is 22.2. The van der Waals surface area contributed by atoms with E-state index >= 15 is 0 Å². The van der Waals surface area contributed by atoms with Crippen LogP contribution in [0.4, 0.5) is 0 Å². The first-order chi connectivity index (χ1) is 15.5. The van der Waals surface area contributed by atoms with Gasteiger partial charge >= 0.3 is 0 Å². The Bertz CT molecular complexity index is 1570. The van der Waals surface area contributed by atoms with Crippen LogP contribution >= 0.6 is 0 Å². The van der Waals surface area contributed by atoms with Gasteiger partial charge in [-0.3, -0.25) is 4.79 Å². The Balaban J connectivity index is 1.75. The maximum atomic E-state index is 13.3. The SMILES string of the molecule is COc1cccc2oc(-c3nc4ccccc4c(=O)n3N=Cc3ccc(O)cc3O)cc12. The zero-order valence-corrected chi connectivity index (χ0v) is 16.9. The van der Waals surface area contributed by atoms with Crippen molar-refractivity contribution in [3.05, 3.63) is 82.6 Å². The van der Waals surface area contributed by atoms with Crippen LogP contribution in [-0.2, 0) is 0 Å². The Morgan fingerprint density at radius 2 is 1.88 bits per heavy atom. The molecule has 0 aliphatic rings. The van der Waals surface area contributed by atoms with Crippen LogP contribution in [-0.4, -0.2) is 33.2 Å². The Kier molecular flexibility index (Phi) is 4.59. The molecule has 8 nitrogen and oxygen atoms in total. The first-order valence-corrected chi connectivity index (χ1v) is 9.70. The van der Waals surface area contributed by atoms with E-state index in [1.165, 1.54) is 24.4 Å². The van der Waals surface area contributed by atoms with Crippen molar-refractivity contribution in [3.63, 3.8) is 0 Å². The molecule has 0 aliphatic carbocycles. The topological polar surface area (TPSA) is 110 Å². The summed E-state index contributed by atoms with van der Waals surface area (Å²) in [6, 6.07) is 18.2. The standard InChI is InChI=1S/C24H17N3O5/c1-31-20-7-4-8-21-17(20)12-22(32-21)23-26-18-6-3-2-5-16(18)24(30)27(23)25-13-14-9-10-15(28)11-19(14)29/h2-13,28-29H,1H3. The van der Waals surface area contributed by atoms with Crippen LogP contribution in [0.2, 0.25) is 0 Å². The molecule has 0 amide bonds. The van der Waals surface area contributed by atoms with Gasteiger partial charge in [0.05, 0.1) is 29.6 Å². The lowest BCUT2D eigenvalue weighted by molar-refractivity contribution is 0.419. The molecular formula is C24H17N3O5. The van der Waals surface area contributed by atoms with E-state index in [1.807, 2.05) is 6.07 Å². The second kappa shape index (κ2) is 7.59. The minimum atomic E-state index is -0.396. The summed E-state index contributed by atoms with van der Waals surface area (Å²) in [7, 11) is 1.57. The lowest BCUT2D eigenvalue weighted by Gasteiger charge is -2.07. The molecule has 8 heteroatoms. The van der Waals surface area contributed by atoms with E-state index in [0.717, 1.165) is 10.1 Å². The smallest absolute Gasteiger partial charge is 0.282 e. The fraction of sp³-hybridized carbons (Fsp3) is 0.0417. The third kappa shape index (κ3) is 3.24. The van der Waals surface area contributed by atoms with Crippen LogP contribution in [0.3, 0.4) is 0 Å². The van der Waals surface area contributed by atoms with Gasteiger partial charge in [0.15, 0.2) is 5.76 Å². The Labute approximate surface area is 181 Å². The molecule has 2 aromatic heterocycles. The van der Waals surface area contributed by atoms with E-state index in [4.69, 9.17) is 9.15 Å². The van der Waals surface area contributed by atoms with Crippen LogP contribution in [0, 0.1) is 0 Å². The fourth-order valence-electron chi connectivity index (χ4n) is 3.47. The molecule has 0 bridgehead atoms.